The highest BCUT2D eigenvalue weighted by Gasteiger charge is 2.19. The Morgan fingerprint density at radius 1 is 1.04 bits per heavy atom. The summed E-state index contributed by atoms with van der Waals surface area (Å²) in [7, 11) is 0. The van der Waals surface area contributed by atoms with Crippen LogP contribution in [0.25, 0.3) is 0 Å². The molecule has 1 saturated heterocycles. The summed E-state index contributed by atoms with van der Waals surface area (Å²) >= 11 is 5.79. The predicted octanol–water partition coefficient (Wildman–Crippen LogP) is 1.64. The van der Waals surface area contributed by atoms with E-state index in [0.29, 0.717) is 17.1 Å². The van der Waals surface area contributed by atoms with Crippen molar-refractivity contribution in [2.45, 2.75) is 6.42 Å². The minimum atomic E-state index is -0.580. The van der Waals surface area contributed by atoms with Crippen molar-refractivity contribution < 1.29 is 9.59 Å². The molecule has 0 unspecified atom stereocenters. The van der Waals surface area contributed by atoms with Gasteiger partial charge in [-0.3, -0.25) is 14.5 Å². The highest BCUT2D eigenvalue weighted by Crippen LogP contribution is 2.11. The Bertz CT molecular complexity index is 761. The molecule has 8 heteroatoms. The lowest BCUT2D eigenvalue weighted by Gasteiger charge is -2.34. The maximum absolute atomic E-state index is 12.0. The molecule has 1 aromatic carbocycles. The molecule has 0 spiro atoms. The number of benzene rings is 1. The molecular weight excluding hydrogens is 366 g/mol. The number of ketones is 1. The van der Waals surface area contributed by atoms with Crippen molar-refractivity contribution in [3.05, 3.63) is 53.3 Å². The summed E-state index contributed by atoms with van der Waals surface area (Å²) in [5, 5.41) is 3.22. The number of carbonyl (C=O) groups excluding carboxylic acids is 2. The van der Waals surface area contributed by atoms with Crippen molar-refractivity contribution in [2.24, 2.45) is 0 Å². The van der Waals surface area contributed by atoms with Gasteiger partial charge in [-0.25, -0.2) is 9.97 Å². The van der Waals surface area contributed by atoms with Crippen LogP contribution in [0.1, 0.15) is 16.8 Å². The maximum atomic E-state index is 12.0. The number of carbonyl (C=O) groups is 2. The van der Waals surface area contributed by atoms with E-state index in [0.717, 1.165) is 45.1 Å². The van der Waals surface area contributed by atoms with E-state index < -0.39 is 11.7 Å². The van der Waals surface area contributed by atoms with Crippen LogP contribution < -0.4 is 10.2 Å². The van der Waals surface area contributed by atoms with Gasteiger partial charge >= 0.3 is 0 Å². The van der Waals surface area contributed by atoms with E-state index in [4.69, 9.17) is 11.6 Å². The topological polar surface area (TPSA) is 78.4 Å². The van der Waals surface area contributed by atoms with Crippen molar-refractivity contribution in [2.75, 3.05) is 44.2 Å². The fourth-order valence-corrected chi connectivity index (χ4v) is 3.07. The van der Waals surface area contributed by atoms with Gasteiger partial charge in [-0.15, -0.1) is 0 Å². The number of nitrogens with one attached hydrogen (secondary N) is 1. The summed E-state index contributed by atoms with van der Waals surface area (Å²) in [4.78, 5) is 37.1. The number of hydrogen-bond donors (Lipinski definition) is 1. The largest absolute Gasteiger partial charge is 0.349 e. The van der Waals surface area contributed by atoms with Crippen LogP contribution >= 0.6 is 11.6 Å². The molecule has 1 aliphatic rings. The van der Waals surface area contributed by atoms with Crippen LogP contribution in [0.15, 0.2) is 42.7 Å². The minimum absolute atomic E-state index is 0.344. The van der Waals surface area contributed by atoms with Crippen LogP contribution in [0.2, 0.25) is 5.02 Å². The summed E-state index contributed by atoms with van der Waals surface area (Å²) in [6.45, 7) is 4.96. The highest BCUT2D eigenvalue weighted by molar-refractivity contribution is 6.43. The number of hydrogen-bond acceptors (Lipinski definition) is 6. The zero-order valence-electron chi connectivity index (χ0n) is 15.0. The van der Waals surface area contributed by atoms with E-state index in [2.05, 4.69) is 25.1 Å². The Hall–Kier alpha value is -2.51. The molecule has 0 saturated carbocycles. The summed E-state index contributed by atoms with van der Waals surface area (Å²) in [6, 6.07) is 8.12. The summed E-state index contributed by atoms with van der Waals surface area (Å²) < 4.78 is 0. The van der Waals surface area contributed by atoms with Gasteiger partial charge in [0.05, 0.1) is 0 Å². The van der Waals surface area contributed by atoms with Gasteiger partial charge in [0, 0.05) is 55.7 Å². The second-order valence-electron chi connectivity index (χ2n) is 6.32. The number of anilines is 1. The smallest absolute Gasteiger partial charge is 0.292 e. The number of rotatable bonds is 7. The predicted molar refractivity (Wildman–Crippen MR) is 104 cm³/mol. The number of amides is 1. The van der Waals surface area contributed by atoms with Gasteiger partial charge < -0.3 is 10.2 Å². The second-order valence-corrected chi connectivity index (χ2v) is 6.76. The summed E-state index contributed by atoms with van der Waals surface area (Å²) in [5.41, 5.74) is 0.344. The fraction of sp³-hybridized carbons (Fsp3) is 0.368. The molecule has 27 heavy (non-hydrogen) atoms. The van der Waals surface area contributed by atoms with Crippen molar-refractivity contribution >= 4 is 29.2 Å². The quantitative estimate of drug-likeness (QED) is 0.442. The molecule has 0 aliphatic carbocycles. The van der Waals surface area contributed by atoms with Crippen LogP contribution in [0, 0.1) is 0 Å². The zero-order chi connectivity index (χ0) is 19.1. The first-order chi connectivity index (χ1) is 13.1. The molecule has 2 heterocycles. The number of Topliss-reactive ketones (excluding diaryl/α,β-unsaturated/α-hetero) is 1. The van der Waals surface area contributed by atoms with E-state index in [-0.39, 0.29) is 0 Å². The minimum Gasteiger partial charge on any atom is -0.349 e. The van der Waals surface area contributed by atoms with E-state index in [1.165, 1.54) is 0 Å². The van der Waals surface area contributed by atoms with Crippen molar-refractivity contribution in [1.82, 2.24) is 20.2 Å². The molecule has 1 fully saturated rings. The first-order valence-electron chi connectivity index (χ1n) is 8.96. The molecule has 0 atom stereocenters. The van der Waals surface area contributed by atoms with Gasteiger partial charge in [0.1, 0.15) is 0 Å². The molecule has 3 rings (SSSR count). The summed E-state index contributed by atoms with van der Waals surface area (Å²) in [5.74, 6) is -0.350. The van der Waals surface area contributed by atoms with Crippen LogP contribution in [-0.4, -0.2) is 65.8 Å². The van der Waals surface area contributed by atoms with E-state index in [1.807, 2.05) is 6.07 Å². The Kier molecular flexibility index (Phi) is 6.73. The van der Waals surface area contributed by atoms with E-state index >= 15 is 0 Å². The molecule has 1 amide bonds. The number of nitrogens with zero attached hydrogens (tertiary/aromatic N) is 4. The van der Waals surface area contributed by atoms with Gasteiger partial charge in [-0.05, 0) is 43.3 Å². The lowest BCUT2D eigenvalue weighted by atomic mass is 10.1. The van der Waals surface area contributed by atoms with E-state index in [1.54, 1.807) is 36.7 Å². The van der Waals surface area contributed by atoms with Gasteiger partial charge in [0.2, 0.25) is 11.7 Å². The Morgan fingerprint density at radius 2 is 1.70 bits per heavy atom. The third kappa shape index (κ3) is 5.48. The average Bonchev–Trinajstić information content (AvgIpc) is 2.72. The SMILES string of the molecule is O=C(NCCCN1CCN(c2ncccn2)CC1)C(=O)c1ccc(Cl)cc1. The van der Waals surface area contributed by atoms with Crippen LogP contribution in [0.3, 0.4) is 0 Å². The molecule has 7 nitrogen and oxygen atoms in total. The fourth-order valence-electron chi connectivity index (χ4n) is 2.94. The van der Waals surface area contributed by atoms with Crippen molar-refractivity contribution in [3.8, 4) is 0 Å². The second kappa shape index (κ2) is 9.43. The third-order valence-electron chi connectivity index (χ3n) is 4.46. The summed E-state index contributed by atoms with van der Waals surface area (Å²) in [6.07, 6.45) is 4.30. The maximum Gasteiger partial charge on any atom is 0.292 e. The standard InChI is InChI=1S/C19H22ClN5O2/c20-16-5-3-15(4-6-16)17(26)18(27)21-9-2-10-24-11-13-25(14-12-24)19-22-7-1-8-23-19/h1,3-8H,2,9-14H2,(H,21,27). The van der Waals surface area contributed by atoms with Crippen LogP contribution in [0.4, 0.5) is 5.95 Å². The van der Waals surface area contributed by atoms with E-state index in [9.17, 15) is 9.59 Å². The Balaban J connectivity index is 1.34. The lowest BCUT2D eigenvalue weighted by Crippen LogP contribution is -2.47. The number of aromatic nitrogens is 2. The van der Waals surface area contributed by atoms with Gasteiger partial charge in [-0.1, -0.05) is 11.6 Å². The average molecular weight is 388 g/mol. The van der Waals surface area contributed by atoms with Gasteiger partial charge in [0.25, 0.3) is 5.91 Å². The molecule has 1 N–H and O–H groups in total. The number of halogens is 1. The Labute approximate surface area is 163 Å². The first kappa shape index (κ1) is 19.3. The lowest BCUT2D eigenvalue weighted by molar-refractivity contribution is -0.117. The highest BCUT2D eigenvalue weighted by atomic mass is 35.5. The monoisotopic (exact) mass is 387 g/mol. The molecule has 142 valence electrons. The Morgan fingerprint density at radius 3 is 2.37 bits per heavy atom. The van der Waals surface area contributed by atoms with Gasteiger partial charge in [0.15, 0.2) is 0 Å². The molecular formula is C19H22ClN5O2. The first-order valence-corrected chi connectivity index (χ1v) is 9.34. The van der Waals surface area contributed by atoms with Crippen LogP contribution in [0.5, 0.6) is 0 Å². The van der Waals surface area contributed by atoms with Gasteiger partial charge in [-0.2, -0.15) is 0 Å². The van der Waals surface area contributed by atoms with Crippen molar-refractivity contribution in [3.63, 3.8) is 0 Å². The number of piperazine rings is 1. The zero-order valence-corrected chi connectivity index (χ0v) is 15.7. The third-order valence-corrected chi connectivity index (χ3v) is 4.71. The molecule has 2 aromatic rings. The van der Waals surface area contributed by atoms with Crippen molar-refractivity contribution in [1.29, 1.82) is 0 Å². The molecule has 1 aliphatic heterocycles. The molecule has 0 bridgehead atoms. The van der Waals surface area contributed by atoms with Crippen LogP contribution in [-0.2, 0) is 4.79 Å². The molecule has 1 aromatic heterocycles. The normalized spacial score (nSPS) is 14.8. The molecule has 0 radical (unpaired) electrons.